The highest BCUT2D eigenvalue weighted by Gasteiger charge is 2.44. The molecule has 1 saturated heterocycles. The Morgan fingerprint density at radius 2 is 1.97 bits per heavy atom. The van der Waals surface area contributed by atoms with E-state index in [1.165, 1.54) is 40.9 Å². The highest BCUT2D eigenvalue weighted by Crippen LogP contribution is 2.41. The maximum atomic E-state index is 13.2. The number of urea groups is 1. The number of thioether (sulfide) groups is 1. The molecule has 3 N–H and O–H groups in total. The van der Waals surface area contributed by atoms with Crippen LogP contribution in [0.25, 0.3) is 0 Å². The van der Waals surface area contributed by atoms with Gasteiger partial charge in [0.2, 0.25) is 5.91 Å². The minimum atomic E-state index is -1.12. The number of anilines is 1. The van der Waals surface area contributed by atoms with Gasteiger partial charge in [-0.05, 0) is 45.0 Å². The number of benzene rings is 1. The number of esters is 1. The average Bonchev–Trinajstić information content (AvgIpc) is 3.23. The standard InChI is InChI=1S/C23H26N4O6S/c1-23(2,3)33-21(31)17-13-34-19(15-7-5-9-24-11-15)27(17)18(28)12-25-22(32)26-16-8-4-6-14(10-16)20(29)30/h4-11,17,19H,12-13H2,1-3H3,(H,29,30)(H2,25,26,32)/t17-,19+/m0/s1. The number of ether oxygens (including phenoxy) is 1. The Morgan fingerprint density at radius 3 is 2.62 bits per heavy atom. The smallest absolute Gasteiger partial charge is 0.335 e. The molecule has 10 nitrogen and oxygen atoms in total. The summed E-state index contributed by atoms with van der Waals surface area (Å²) < 4.78 is 5.51. The van der Waals surface area contributed by atoms with E-state index in [1.807, 2.05) is 6.07 Å². The fourth-order valence-electron chi connectivity index (χ4n) is 3.29. The quantitative estimate of drug-likeness (QED) is 0.530. The fourth-order valence-corrected chi connectivity index (χ4v) is 4.71. The third-order valence-corrected chi connectivity index (χ3v) is 6.03. The van der Waals surface area contributed by atoms with E-state index < -0.39 is 40.9 Å². The molecule has 11 heteroatoms. The minimum Gasteiger partial charge on any atom is -0.478 e. The zero-order chi connectivity index (χ0) is 24.9. The molecule has 2 atom stereocenters. The summed E-state index contributed by atoms with van der Waals surface area (Å²) in [5, 5.41) is 13.6. The summed E-state index contributed by atoms with van der Waals surface area (Å²) in [5.41, 5.74) is 0.316. The molecule has 2 heterocycles. The van der Waals surface area contributed by atoms with Gasteiger partial charge >= 0.3 is 18.0 Å². The molecular formula is C23H26N4O6S. The number of pyridine rings is 1. The van der Waals surface area contributed by atoms with Crippen molar-refractivity contribution in [1.82, 2.24) is 15.2 Å². The molecule has 180 valence electrons. The van der Waals surface area contributed by atoms with E-state index in [4.69, 9.17) is 9.84 Å². The zero-order valence-electron chi connectivity index (χ0n) is 19.0. The number of carbonyl (C=O) groups is 4. The highest BCUT2D eigenvalue weighted by atomic mass is 32.2. The van der Waals surface area contributed by atoms with Crippen LogP contribution in [0.15, 0.2) is 48.8 Å². The van der Waals surface area contributed by atoms with Gasteiger partial charge in [-0.3, -0.25) is 9.78 Å². The van der Waals surface area contributed by atoms with E-state index in [2.05, 4.69) is 15.6 Å². The Labute approximate surface area is 201 Å². The second kappa shape index (κ2) is 10.6. The Morgan fingerprint density at radius 1 is 1.21 bits per heavy atom. The summed E-state index contributed by atoms with van der Waals surface area (Å²) in [6.07, 6.45) is 3.25. The molecule has 1 fully saturated rings. The maximum Gasteiger partial charge on any atom is 0.335 e. The summed E-state index contributed by atoms with van der Waals surface area (Å²) in [4.78, 5) is 54.9. The first-order chi connectivity index (χ1) is 16.0. The van der Waals surface area contributed by atoms with Crippen LogP contribution < -0.4 is 10.6 Å². The largest absolute Gasteiger partial charge is 0.478 e. The SMILES string of the molecule is CC(C)(C)OC(=O)[C@@H]1CS[C@H](c2cccnc2)N1C(=O)CNC(=O)Nc1cccc(C(=O)O)c1. The molecule has 0 aliphatic carbocycles. The van der Waals surface area contributed by atoms with Gasteiger partial charge in [-0.1, -0.05) is 12.1 Å². The first-order valence-corrected chi connectivity index (χ1v) is 11.5. The van der Waals surface area contributed by atoms with Crippen LogP contribution in [0.5, 0.6) is 0 Å². The van der Waals surface area contributed by atoms with Crippen LogP contribution in [0.3, 0.4) is 0 Å². The number of amides is 3. The van der Waals surface area contributed by atoms with E-state index in [9.17, 15) is 19.2 Å². The summed E-state index contributed by atoms with van der Waals surface area (Å²) in [5.74, 6) is -1.77. The van der Waals surface area contributed by atoms with Gasteiger partial charge in [0, 0.05) is 29.4 Å². The van der Waals surface area contributed by atoms with Gasteiger partial charge in [0.05, 0.1) is 12.1 Å². The number of nitrogens with zero attached hydrogens (tertiary/aromatic N) is 2. The molecule has 0 saturated carbocycles. The molecule has 2 aromatic rings. The van der Waals surface area contributed by atoms with Crippen molar-refractivity contribution in [2.45, 2.75) is 37.8 Å². The third-order valence-electron chi connectivity index (χ3n) is 4.70. The molecule has 0 bridgehead atoms. The Balaban J connectivity index is 1.71. The van der Waals surface area contributed by atoms with Gasteiger partial charge in [-0.15, -0.1) is 11.8 Å². The predicted molar refractivity (Wildman–Crippen MR) is 126 cm³/mol. The molecule has 3 rings (SSSR count). The van der Waals surface area contributed by atoms with Crippen LogP contribution in [0, 0.1) is 0 Å². The second-order valence-electron chi connectivity index (χ2n) is 8.52. The number of carboxylic acid groups (broad SMARTS) is 1. The van der Waals surface area contributed by atoms with Crippen LogP contribution in [0.2, 0.25) is 0 Å². The minimum absolute atomic E-state index is 0.0162. The summed E-state index contributed by atoms with van der Waals surface area (Å²) in [6.45, 7) is 4.88. The van der Waals surface area contributed by atoms with Crippen LogP contribution in [-0.4, -0.2) is 62.8 Å². The van der Waals surface area contributed by atoms with Crippen molar-refractivity contribution < 1.29 is 29.0 Å². The molecule has 1 aromatic heterocycles. The van der Waals surface area contributed by atoms with Gasteiger partial charge in [-0.25, -0.2) is 14.4 Å². The molecule has 0 spiro atoms. The van der Waals surface area contributed by atoms with Crippen LogP contribution in [-0.2, 0) is 14.3 Å². The zero-order valence-corrected chi connectivity index (χ0v) is 19.8. The monoisotopic (exact) mass is 486 g/mol. The number of aromatic nitrogens is 1. The Hall–Kier alpha value is -3.60. The lowest BCUT2D eigenvalue weighted by molar-refractivity contribution is -0.163. The second-order valence-corrected chi connectivity index (χ2v) is 9.63. The lowest BCUT2D eigenvalue weighted by Gasteiger charge is -2.30. The molecule has 34 heavy (non-hydrogen) atoms. The van der Waals surface area contributed by atoms with Gasteiger partial charge < -0.3 is 25.4 Å². The molecular weight excluding hydrogens is 460 g/mol. The van der Waals surface area contributed by atoms with E-state index in [0.717, 1.165) is 5.56 Å². The normalized spacial score (nSPS) is 17.7. The van der Waals surface area contributed by atoms with Crippen molar-refractivity contribution >= 4 is 41.3 Å². The van der Waals surface area contributed by atoms with Gasteiger partial charge in [0.15, 0.2) is 0 Å². The number of hydrogen-bond acceptors (Lipinski definition) is 7. The topological polar surface area (TPSA) is 138 Å². The molecule has 3 amide bonds. The number of rotatable bonds is 6. The van der Waals surface area contributed by atoms with Gasteiger partial charge in [0.1, 0.15) is 17.0 Å². The predicted octanol–water partition coefficient (Wildman–Crippen LogP) is 2.89. The Bertz CT molecular complexity index is 1070. The van der Waals surface area contributed by atoms with Crippen LogP contribution in [0.1, 0.15) is 42.1 Å². The summed E-state index contributed by atoms with van der Waals surface area (Å²) in [7, 11) is 0. The van der Waals surface area contributed by atoms with E-state index >= 15 is 0 Å². The van der Waals surface area contributed by atoms with Crippen LogP contribution >= 0.6 is 11.8 Å². The molecule has 1 aliphatic rings. The number of aromatic carboxylic acids is 1. The molecule has 0 unspecified atom stereocenters. The fraction of sp³-hybridized carbons (Fsp3) is 0.348. The van der Waals surface area contributed by atoms with Gasteiger partial charge in [-0.2, -0.15) is 0 Å². The maximum absolute atomic E-state index is 13.2. The summed E-state index contributed by atoms with van der Waals surface area (Å²) >= 11 is 1.42. The number of hydrogen-bond donors (Lipinski definition) is 3. The highest BCUT2D eigenvalue weighted by molar-refractivity contribution is 7.99. The molecule has 1 aromatic carbocycles. The van der Waals surface area contributed by atoms with Crippen LogP contribution in [0.4, 0.5) is 10.5 Å². The third kappa shape index (κ3) is 6.47. The summed E-state index contributed by atoms with van der Waals surface area (Å²) in [6, 6.07) is 7.78. The molecule has 0 radical (unpaired) electrons. The first kappa shape index (κ1) is 25.0. The average molecular weight is 487 g/mol. The van der Waals surface area contributed by atoms with Gasteiger partial charge in [0.25, 0.3) is 0 Å². The Kier molecular flexibility index (Phi) is 7.77. The van der Waals surface area contributed by atoms with E-state index in [1.54, 1.807) is 39.2 Å². The molecule has 1 aliphatic heterocycles. The van der Waals surface area contributed by atoms with Crippen molar-refractivity contribution in [1.29, 1.82) is 0 Å². The van der Waals surface area contributed by atoms with Crippen molar-refractivity contribution in [3.8, 4) is 0 Å². The number of carbonyl (C=O) groups excluding carboxylic acids is 3. The van der Waals surface area contributed by atoms with Crippen molar-refractivity contribution in [3.63, 3.8) is 0 Å². The van der Waals surface area contributed by atoms with E-state index in [-0.39, 0.29) is 17.8 Å². The lowest BCUT2D eigenvalue weighted by Crippen LogP contribution is -2.49. The van der Waals surface area contributed by atoms with Crippen molar-refractivity contribution in [3.05, 3.63) is 59.9 Å². The first-order valence-electron chi connectivity index (χ1n) is 10.5. The van der Waals surface area contributed by atoms with Crippen molar-refractivity contribution in [2.75, 3.05) is 17.6 Å². The number of carboxylic acids is 1. The van der Waals surface area contributed by atoms with E-state index in [0.29, 0.717) is 5.75 Å². The van der Waals surface area contributed by atoms with Crippen molar-refractivity contribution in [2.24, 2.45) is 0 Å². The lowest BCUT2D eigenvalue weighted by atomic mass is 10.1. The number of nitrogens with one attached hydrogen (secondary N) is 2.